The minimum absolute atomic E-state index is 0.260. The number of aliphatic hydroxyl groups is 1. The predicted octanol–water partition coefficient (Wildman–Crippen LogP) is 2.72. The molecule has 1 aliphatic rings. The molecule has 0 fully saturated rings. The number of ketones is 1. The highest BCUT2D eigenvalue weighted by molar-refractivity contribution is 6.07. The Morgan fingerprint density at radius 1 is 1.32 bits per heavy atom. The Bertz CT molecular complexity index is 627. The van der Waals surface area contributed by atoms with Crippen LogP contribution in [0.1, 0.15) is 27.6 Å². The highest BCUT2D eigenvalue weighted by Gasteiger charge is 2.49. The zero-order chi connectivity index (χ0) is 13.5. The first-order valence-electron chi connectivity index (χ1n) is 6.18. The molecule has 1 aromatic heterocycles. The molecule has 96 valence electrons. The fraction of sp³-hybridized carbons (Fsp3) is 0.188. The molecule has 3 heteroatoms. The van der Waals surface area contributed by atoms with E-state index >= 15 is 0 Å². The number of carbonyl (C=O) groups excluding carboxylic acids is 1. The van der Waals surface area contributed by atoms with Crippen LogP contribution in [0.5, 0.6) is 0 Å². The van der Waals surface area contributed by atoms with Crippen molar-refractivity contribution >= 4 is 5.78 Å². The van der Waals surface area contributed by atoms with Crippen LogP contribution in [-0.2, 0) is 6.42 Å². The molecule has 0 saturated carbocycles. The first-order valence-corrected chi connectivity index (χ1v) is 6.18. The summed E-state index contributed by atoms with van der Waals surface area (Å²) in [6, 6.07) is 10.8. The Morgan fingerprint density at radius 2 is 2.11 bits per heavy atom. The molecule has 0 aliphatic heterocycles. The van der Waals surface area contributed by atoms with Crippen molar-refractivity contribution in [1.29, 1.82) is 0 Å². The summed E-state index contributed by atoms with van der Waals surface area (Å²) >= 11 is 0. The van der Waals surface area contributed by atoms with Crippen molar-refractivity contribution in [2.24, 2.45) is 0 Å². The lowest BCUT2D eigenvalue weighted by Gasteiger charge is -2.27. The molecule has 19 heavy (non-hydrogen) atoms. The molecule has 0 radical (unpaired) electrons. The highest BCUT2D eigenvalue weighted by Crippen LogP contribution is 2.40. The van der Waals surface area contributed by atoms with Crippen molar-refractivity contribution in [3.63, 3.8) is 0 Å². The quantitative estimate of drug-likeness (QED) is 0.857. The van der Waals surface area contributed by atoms with E-state index in [0.29, 0.717) is 17.7 Å². The summed E-state index contributed by atoms with van der Waals surface area (Å²) in [4.78, 5) is 12.5. The minimum Gasteiger partial charge on any atom is -0.469 e. The van der Waals surface area contributed by atoms with Gasteiger partial charge in [-0.3, -0.25) is 4.79 Å². The Morgan fingerprint density at radius 3 is 2.74 bits per heavy atom. The topological polar surface area (TPSA) is 50.4 Å². The van der Waals surface area contributed by atoms with Gasteiger partial charge in [-0.2, -0.15) is 0 Å². The van der Waals surface area contributed by atoms with Crippen LogP contribution in [0.25, 0.3) is 0 Å². The monoisotopic (exact) mass is 254 g/mol. The molecule has 0 amide bonds. The van der Waals surface area contributed by atoms with Crippen LogP contribution in [0.4, 0.5) is 0 Å². The fourth-order valence-electron chi connectivity index (χ4n) is 2.77. The van der Waals surface area contributed by atoms with Crippen molar-refractivity contribution in [2.45, 2.75) is 17.9 Å². The molecule has 0 unspecified atom stereocenters. The third kappa shape index (κ3) is 1.66. The molecule has 1 heterocycles. The van der Waals surface area contributed by atoms with Gasteiger partial charge in [0.2, 0.25) is 0 Å². The third-order valence-corrected chi connectivity index (χ3v) is 3.72. The van der Waals surface area contributed by atoms with Crippen LogP contribution < -0.4 is 0 Å². The number of rotatable bonds is 3. The number of benzene rings is 1. The van der Waals surface area contributed by atoms with Crippen LogP contribution in [0.2, 0.25) is 0 Å². The van der Waals surface area contributed by atoms with Gasteiger partial charge in [-0.15, -0.1) is 6.58 Å². The van der Waals surface area contributed by atoms with Crippen molar-refractivity contribution < 1.29 is 14.3 Å². The Labute approximate surface area is 111 Å². The molecule has 0 bridgehead atoms. The molecule has 3 rings (SSSR count). The van der Waals surface area contributed by atoms with E-state index in [9.17, 15) is 9.90 Å². The smallest absolute Gasteiger partial charge is 0.196 e. The second-order valence-corrected chi connectivity index (χ2v) is 4.82. The van der Waals surface area contributed by atoms with E-state index < -0.39 is 11.5 Å². The Kier molecular flexibility index (Phi) is 2.64. The number of furan rings is 1. The zero-order valence-electron chi connectivity index (χ0n) is 10.4. The highest BCUT2D eigenvalue weighted by atomic mass is 16.3. The minimum atomic E-state index is -1.50. The normalized spacial score (nSPS) is 23.1. The van der Waals surface area contributed by atoms with E-state index in [-0.39, 0.29) is 5.78 Å². The fourth-order valence-corrected chi connectivity index (χ4v) is 2.77. The maximum Gasteiger partial charge on any atom is 0.196 e. The van der Waals surface area contributed by atoms with Gasteiger partial charge in [-0.25, -0.2) is 0 Å². The van der Waals surface area contributed by atoms with Gasteiger partial charge in [-0.1, -0.05) is 30.3 Å². The van der Waals surface area contributed by atoms with Crippen molar-refractivity contribution in [3.05, 3.63) is 72.2 Å². The molecule has 0 spiro atoms. The van der Waals surface area contributed by atoms with Crippen LogP contribution in [0, 0.1) is 0 Å². The summed E-state index contributed by atoms with van der Waals surface area (Å²) in [7, 11) is 0. The molecule has 3 nitrogen and oxygen atoms in total. The van der Waals surface area contributed by atoms with Gasteiger partial charge in [0.15, 0.2) is 5.78 Å². The lowest BCUT2D eigenvalue weighted by Crippen LogP contribution is -2.41. The average Bonchev–Trinajstić information content (AvgIpc) is 3.00. The van der Waals surface area contributed by atoms with Crippen LogP contribution in [-0.4, -0.2) is 16.5 Å². The van der Waals surface area contributed by atoms with Gasteiger partial charge in [-0.05, 0) is 17.7 Å². The van der Waals surface area contributed by atoms with E-state index in [1.165, 1.54) is 6.26 Å². The summed E-state index contributed by atoms with van der Waals surface area (Å²) in [5.41, 5.74) is -0.0414. The second kappa shape index (κ2) is 4.21. The average molecular weight is 254 g/mol. The number of carbonyl (C=O) groups is 1. The zero-order valence-corrected chi connectivity index (χ0v) is 10.4. The van der Waals surface area contributed by atoms with E-state index in [1.807, 2.05) is 12.1 Å². The first kappa shape index (κ1) is 11.9. The van der Waals surface area contributed by atoms with E-state index in [1.54, 1.807) is 30.3 Å². The second-order valence-electron chi connectivity index (χ2n) is 4.82. The van der Waals surface area contributed by atoms with Gasteiger partial charge in [0.05, 0.1) is 12.2 Å². The predicted molar refractivity (Wildman–Crippen MR) is 71.1 cm³/mol. The summed E-state index contributed by atoms with van der Waals surface area (Å²) in [5, 5.41) is 10.8. The SMILES string of the molecule is C=C[C@H](c1ccco1)[C@]1(O)Cc2ccccc2C1=O. The van der Waals surface area contributed by atoms with Gasteiger partial charge < -0.3 is 9.52 Å². The van der Waals surface area contributed by atoms with Crippen LogP contribution in [0.15, 0.2) is 59.7 Å². The van der Waals surface area contributed by atoms with Crippen molar-refractivity contribution in [1.82, 2.24) is 0 Å². The molecule has 1 N–H and O–H groups in total. The number of Topliss-reactive ketones (excluding diaryl/α,β-unsaturated/α-hetero) is 1. The molecular weight excluding hydrogens is 240 g/mol. The van der Waals surface area contributed by atoms with Gasteiger partial charge in [0.25, 0.3) is 0 Å². The van der Waals surface area contributed by atoms with Gasteiger partial charge >= 0.3 is 0 Å². The molecule has 2 atom stereocenters. The molecular formula is C16H14O3. The number of hydrogen-bond acceptors (Lipinski definition) is 3. The largest absolute Gasteiger partial charge is 0.469 e. The summed E-state index contributed by atoms with van der Waals surface area (Å²) < 4.78 is 5.33. The summed E-state index contributed by atoms with van der Waals surface area (Å²) in [5.74, 6) is -0.245. The van der Waals surface area contributed by atoms with E-state index in [2.05, 4.69) is 6.58 Å². The van der Waals surface area contributed by atoms with Gasteiger partial charge in [0, 0.05) is 12.0 Å². The number of hydrogen-bond donors (Lipinski definition) is 1. The standard InChI is InChI=1S/C16H14O3/c1-2-13(14-8-5-9-19-14)16(18)10-11-6-3-4-7-12(11)15(16)17/h2-9,13,18H,1,10H2/t13-,16-/m1/s1. The molecule has 0 saturated heterocycles. The van der Waals surface area contributed by atoms with Crippen LogP contribution >= 0.6 is 0 Å². The molecule has 1 aliphatic carbocycles. The van der Waals surface area contributed by atoms with E-state index in [0.717, 1.165) is 5.56 Å². The summed E-state index contributed by atoms with van der Waals surface area (Å²) in [6.07, 6.45) is 3.39. The summed E-state index contributed by atoms with van der Waals surface area (Å²) in [6.45, 7) is 3.73. The lowest BCUT2D eigenvalue weighted by molar-refractivity contribution is 0.0268. The third-order valence-electron chi connectivity index (χ3n) is 3.72. The maximum absolute atomic E-state index is 12.5. The Hall–Kier alpha value is -2.13. The first-order chi connectivity index (χ1) is 9.16. The molecule has 2 aromatic rings. The van der Waals surface area contributed by atoms with Gasteiger partial charge in [0.1, 0.15) is 11.4 Å². The van der Waals surface area contributed by atoms with E-state index in [4.69, 9.17) is 4.42 Å². The van der Waals surface area contributed by atoms with Crippen molar-refractivity contribution in [2.75, 3.05) is 0 Å². The van der Waals surface area contributed by atoms with Crippen LogP contribution in [0.3, 0.4) is 0 Å². The number of fused-ring (bicyclic) bond motifs is 1. The lowest BCUT2D eigenvalue weighted by atomic mass is 9.82. The maximum atomic E-state index is 12.5. The molecule has 1 aromatic carbocycles. The Balaban J connectivity index is 2.06. The van der Waals surface area contributed by atoms with Crippen molar-refractivity contribution in [3.8, 4) is 0 Å².